The highest BCUT2D eigenvalue weighted by atomic mass is 32.2. The summed E-state index contributed by atoms with van der Waals surface area (Å²) in [5.74, 6) is 0.862. The average molecular weight is 534 g/mol. The van der Waals surface area contributed by atoms with Gasteiger partial charge in [-0.1, -0.05) is 18.3 Å². The van der Waals surface area contributed by atoms with Crippen molar-refractivity contribution in [2.24, 2.45) is 0 Å². The van der Waals surface area contributed by atoms with Gasteiger partial charge in [-0.2, -0.15) is 5.10 Å². The van der Waals surface area contributed by atoms with E-state index in [-0.39, 0.29) is 35.6 Å². The van der Waals surface area contributed by atoms with Gasteiger partial charge in [-0.3, -0.25) is 5.10 Å². The summed E-state index contributed by atoms with van der Waals surface area (Å²) in [6, 6.07) is 6.96. The lowest BCUT2D eigenvalue weighted by molar-refractivity contribution is 0.109. The van der Waals surface area contributed by atoms with Gasteiger partial charge in [-0.25, -0.2) is 17.9 Å². The summed E-state index contributed by atoms with van der Waals surface area (Å²) in [5.41, 5.74) is 1.10. The summed E-state index contributed by atoms with van der Waals surface area (Å²) in [5, 5.41) is 22.9. The molecule has 36 heavy (non-hydrogen) atoms. The molecule has 1 aromatic carbocycles. The van der Waals surface area contributed by atoms with Crippen LogP contribution in [0.25, 0.3) is 10.6 Å². The number of ether oxygens (including phenoxy) is 1. The van der Waals surface area contributed by atoms with E-state index in [2.05, 4.69) is 35.8 Å². The fraction of sp³-hybridized carbons (Fsp3) is 0.478. The van der Waals surface area contributed by atoms with Crippen LogP contribution in [0.1, 0.15) is 57.4 Å². The number of H-pyrrole nitrogens is 1. The monoisotopic (exact) mass is 533 g/mol. The van der Waals surface area contributed by atoms with Crippen molar-refractivity contribution in [3.63, 3.8) is 0 Å². The Labute approximate surface area is 214 Å². The second kappa shape index (κ2) is 11.4. The Bertz CT molecular complexity index is 1270. The van der Waals surface area contributed by atoms with Crippen LogP contribution in [0.3, 0.4) is 0 Å². The zero-order chi connectivity index (χ0) is 25.7. The Morgan fingerprint density at radius 1 is 1.19 bits per heavy atom. The summed E-state index contributed by atoms with van der Waals surface area (Å²) >= 11 is 1.41. The number of benzene rings is 1. The molecule has 0 unspecified atom stereocenters. The van der Waals surface area contributed by atoms with Gasteiger partial charge in [0.2, 0.25) is 10.0 Å². The van der Waals surface area contributed by atoms with Crippen LogP contribution in [0.5, 0.6) is 0 Å². The quantitative estimate of drug-likeness (QED) is 0.320. The summed E-state index contributed by atoms with van der Waals surface area (Å²) in [6.45, 7) is 5.65. The second-order valence-electron chi connectivity index (χ2n) is 8.90. The first-order chi connectivity index (χ1) is 17.2. The smallest absolute Gasteiger partial charge is 0.407 e. The molecule has 2 heterocycles. The van der Waals surface area contributed by atoms with E-state index < -0.39 is 10.0 Å². The zero-order valence-corrected chi connectivity index (χ0v) is 22.1. The molecule has 0 spiro atoms. The van der Waals surface area contributed by atoms with E-state index in [9.17, 15) is 13.2 Å². The van der Waals surface area contributed by atoms with Gasteiger partial charge in [0.15, 0.2) is 0 Å². The third kappa shape index (κ3) is 6.39. The molecule has 1 fully saturated rings. The number of hydrogen-bond donors (Lipinski definition) is 4. The van der Waals surface area contributed by atoms with Gasteiger partial charge in [0.05, 0.1) is 17.2 Å². The fourth-order valence-electron chi connectivity index (χ4n) is 4.16. The predicted octanol–water partition coefficient (Wildman–Crippen LogP) is 4.13. The lowest BCUT2D eigenvalue weighted by Crippen LogP contribution is -2.38. The van der Waals surface area contributed by atoms with Crippen LogP contribution in [-0.2, 0) is 14.8 Å². The van der Waals surface area contributed by atoms with E-state index in [0.29, 0.717) is 22.1 Å². The van der Waals surface area contributed by atoms with Gasteiger partial charge in [-0.15, -0.1) is 10.2 Å². The number of nitrogens with one attached hydrogen (secondary N) is 4. The third-order valence-corrected chi connectivity index (χ3v) is 8.50. The Morgan fingerprint density at radius 3 is 2.64 bits per heavy atom. The predicted molar refractivity (Wildman–Crippen MR) is 138 cm³/mol. The Morgan fingerprint density at radius 2 is 1.97 bits per heavy atom. The number of nitrogens with zero attached hydrogens (tertiary/aromatic N) is 3. The van der Waals surface area contributed by atoms with E-state index in [4.69, 9.17) is 4.74 Å². The molecular weight excluding hydrogens is 502 g/mol. The van der Waals surface area contributed by atoms with Gasteiger partial charge in [0.25, 0.3) is 0 Å². The molecule has 1 amide bonds. The van der Waals surface area contributed by atoms with Gasteiger partial charge in [0, 0.05) is 35.8 Å². The van der Waals surface area contributed by atoms with E-state index in [1.165, 1.54) is 11.3 Å². The van der Waals surface area contributed by atoms with Crippen molar-refractivity contribution in [3.05, 3.63) is 35.5 Å². The minimum atomic E-state index is -3.76. The molecule has 1 aliphatic carbocycles. The molecule has 4 N–H and O–H groups in total. The first-order valence-corrected chi connectivity index (χ1v) is 14.3. The first kappa shape index (κ1) is 26.0. The molecule has 0 saturated heterocycles. The minimum absolute atomic E-state index is 0.0756. The van der Waals surface area contributed by atoms with Gasteiger partial charge >= 0.3 is 6.09 Å². The Hall–Kier alpha value is -3.03. The average Bonchev–Trinajstić information content (AvgIpc) is 3.51. The first-order valence-electron chi connectivity index (χ1n) is 12.0. The molecular formula is C23H31N7O4S2. The maximum atomic E-state index is 13.0. The van der Waals surface area contributed by atoms with Crippen molar-refractivity contribution in [1.82, 2.24) is 30.4 Å². The maximum absolute atomic E-state index is 13.0. The molecule has 2 aromatic heterocycles. The third-order valence-electron chi connectivity index (χ3n) is 5.80. The number of aromatic amines is 1. The standard InChI is InChI=1S/C23H31N7O4S2/c1-4-25-36(32,33)19-13-17(26-20-11-12-24-28-20)9-10-18(19)22-30-29-21(35-22)15-5-7-16(8-6-15)27-23(31)34-14(2)3/h9-16,25H,4-8H2,1-3H3,(H,27,31)(H2,24,26,28)/t15-,16-. The maximum Gasteiger partial charge on any atom is 0.407 e. The topological polar surface area (TPSA) is 151 Å². The largest absolute Gasteiger partial charge is 0.447 e. The zero-order valence-electron chi connectivity index (χ0n) is 20.4. The van der Waals surface area contributed by atoms with Crippen molar-refractivity contribution < 1.29 is 17.9 Å². The molecule has 1 saturated carbocycles. The van der Waals surface area contributed by atoms with Crippen molar-refractivity contribution in [2.45, 2.75) is 69.4 Å². The number of carbonyl (C=O) groups is 1. The molecule has 0 aliphatic heterocycles. The van der Waals surface area contributed by atoms with Crippen LogP contribution in [-0.4, -0.2) is 53.6 Å². The van der Waals surface area contributed by atoms with Crippen LogP contribution >= 0.6 is 11.3 Å². The van der Waals surface area contributed by atoms with Crippen LogP contribution in [0.2, 0.25) is 0 Å². The number of amides is 1. The highest BCUT2D eigenvalue weighted by molar-refractivity contribution is 7.89. The number of carbonyl (C=O) groups excluding carboxylic acids is 1. The summed E-state index contributed by atoms with van der Waals surface area (Å²) < 4.78 is 33.8. The van der Waals surface area contributed by atoms with Crippen molar-refractivity contribution in [2.75, 3.05) is 11.9 Å². The van der Waals surface area contributed by atoms with Crippen LogP contribution in [0.15, 0.2) is 35.4 Å². The summed E-state index contributed by atoms with van der Waals surface area (Å²) in [6.07, 6.45) is 4.43. The SMILES string of the molecule is CCNS(=O)(=O)c1cc(Nc2ccn[nH]2)ccc1-c1nnc([C@H]2CC[C@H](NC(=O)OC(C)C)CC2)s1. The molecule has 0 bridgehead atoms. The summed E-state index contributed by atoms with van der Waals surface area (Å²) in [4.78, 5) is 12.0. The Balaban J connectivity index is 1.51. The molecule has 194 valence electrons. The normalized spacial score (nSPS) is 18.2. The van der Waals surface area contributed by atoms with Gasteiger partial charge < -0.3 is 15.4 Å². The van der Waals surface area contributed by atoms with Crippen molar-refractivity contribution >= 4 is 39.0 Å². The lowest BCUT2D eigenvalue weighted by atomic mass is 9.86. The minimum Gasteiger partial charge on any atom is -0.447 e. The van der Waals surface area contributed by atoms with Gasteiger partial charge in [-0.05, 0) is 57.7 Å². The van der Waals surface area contributed by atoms with Crippen molar-refractivity contribution in [1.29, 1.82) is 0 Å². The van der Waals surface area contributed by atoms with E-state index in [1.807, 2.05) is 13.8 Å². The second-order valence-corrected chi connectivity index (χ2v) is 11.6. The summed E-state index contributed by atoms with van der Waals surface area (Å²) in [7, 11) is -3.76. The molecule has 11 nitrogen and oxygen atoms in total. The van der Waals surface area contributed by atoms with Crippen molar-refractivity contribution in [3.8, 4) is 10.6 Å². The lowest BCUT2D eigenvalue weighted by Gasteiger charge is -2.27. The van der Waals surface area contributed by atoms with Crippen LogP contribution < -0.4 is 15.4 Å². The molecule has 3 aromatic rings. The fourth-order valence-corrected chi connectivity index (χ4v) is 6.54. The molecule has 13 heteroatoms. The molecule has 1 aliphatic rings. The number of rotatable bonds is 9. The number of hydrogen-bond acceptors (Lipinski definition) is 9. The molecule has 0 atom stereocenters. The highest BCUT2D eigenvalue weighted by Gasteiger charge is 2.28. The number of sulfonamides is 1. The van der Waals surface area contributed by atoms with Crippen LogP contribution in [0.4, 0.5) is 16.3 Å². The number of alkyl carbamates (subject to hydrolysis) is 1. The van der Waals surface area contributed by atoms with Gasteiger partial charge in [0.1, 0.15) is 15.8 Å². The molecule has 4 rings (SSSR count). The highest BCUT2D eigenvalue weighted by Crippen LogP contribution is 2.38. The number of anilines is 2. The van der Waals surface area contributed by atoms with E-state index in [0.717, 1.165) is 30.7 Å². The molecule has 0 radical (unpaired) electrons. The van der Waals surface area contributed by atoms with E-state index in [1.54, 1.807) is 37.4 Å². The number of aromatic nitrogens is 4. The van der Waals surface area contributed by atoms with Crippen LogP contribution in [0, 0.1) is 0 Å². The van der Waals surface area contributed by atoms with E-state index >= 15 is 0 Å². The Kier molecular flexibility index (Phi) is 8.21.